The number of fused-ring (bicyclic) bond motifs is 3. The maximum Gasteiger partial charge on any atom is 0.119 e. The highest BCUT2D eigenvalue weighted by Crippen LogP contribution is 2.48. The fourth-order valence-electron chi connectivity index (χ4n) is 3.88. The number of phenols is 1. The highest BCUT2D eigenvalue weighted by atomic mass is 16.3. The van der Waals surface area contributed by atoms with Gasteiger partial charge in [-0.2, -0.15) is 0 Å². The summed E-state index contributed by atoms with van der Waals surface area (Å²) in [5, 5.41) is 10.3. The molecule has 1 N–H and O–H groups in total. The molecular weight excluding hydrogens is 292 g/mol. The van der Waals surface area contributed by atoms with E-state index in [4.69, 9.17) is 0 Å². The average Bonchev–Trinajstić information content (AvgIpc) is 2.96. The lowest BCUT2D eigenvalue weighted by Gasteiger charge is -2.18. The van der Waals surface area contributed by atoms with Gasteiger partial charge in [0.1, 0.15) is 5.75 Å². The van der Waals surface area contributed by atoms with Crippen molar-refractivity contribution in [1.82, 2.24) is 0 Å². The molecule has 0 aromatic heterocycles. The molecule has 0 spiro atoms. The minimum atomic E-state index is 0.251. The van der Waals surface area contributed by atoms with Crippen LogP contribution < -0.4 is 0 Å². The van der Waals surface area contributed by atoms with Crippen LogP contribution in [0.4, 0.5) is 0 Å². The lowest BCUT2D eigenvalue weighted by atomic mass is 9.86. The molecule has 1 aliphatic carbocycles. The van der Waals surface area contributed by atoms with Crippen molar-refractivity contribution in [3.8, 4) is 16.9 Å². The second-order valence-electron chi connectivity index (χ2n) is 6.74. The van der Waals surface area contributed by atoms with E-state index in [0.717, 1.165) is 12.0 Å². The van der Waals surface area contributed by atoms with E-state index in [9.17, 15) is 5.11 Å². The Labute approximate surface area is 143 Å². The van der Waals surface area contributed by atoms with Crippen LogP contribution in [0.1, 0.15) is 54.4 Å². The lowest BCUT2D eigenvalue weighted by molar-refractivity contribution is 0.461. The van der Waals surface area contributed by atoms with Crippen LogP contribution in [-0.4, -0.2) is 5.11 Å². The van der Waals surface area contributed by atoms with Crippen molar-refractivity contribution in [2.45, 2.75) is 32.1 Å². The molecule has 1 heteroatoms. The van der Waals surface area contributed by atoms with Crippen LogP contribution in [0.5, 0.6) is 5.75 Å². The lowest BCUT2D eigenvalue weighted by Crippen LogP contribution is -2.01. The van der Waals surface area contributed by atoms with E-state index in [-0.39, 0.29) is 5.92 Å². The van der Waals surface area contributed by atoms with Crippen LogP contribution in [0, 0.1) is 0 Å². The molecule has 0 saturated heterocycles. The van der Waals surface area contributed by atoms with Gasteiger partial charge in [0.05, 0.1) is 0 Å². The van der Waals surface area contributed by atoms with Crippen molar-refractivity contribution in [2.75, 3.05) is 0 Å². The minimum absolute atomic E-state index is 0.251. The summed E-state index contributed by atoms with van der Waals surface area (Å²) in [7, 11) is 0. The van der Waals surface area contributed by atoms with Crippen molar-refractivity contribution in [3.63, 3.8) is 0 Å². The van der Waals surface area contributed by atoms with Gasteiger partial charge in [-0.3, -0.25) is 0 Å². The van der Waals surface area contributed by atoms with Crippen LogP contribution in [0.15, 0.2) is 66.7 Å². The fourth-order valence-corrected chi connectivity index (χ4v) is 3.88. The molecule has 4 rings (SSSR count). The van der Waals surface area contributed by atoms with Crippen molar-refractivity contribution >= 4 is 0 Å². The number of hydrogen-bond donors (Lipinski definition) is 1. The molecule has 120 valence electrons. The second kappa shape index (κ2) is 5.83. The third-order valence-electron chi connectivity index (χ3n) is 5.36. The Bertz CT molecular complexity index is 849. The molecule has 0 bridgehead atoms. The number of aromatic hydroxyl groups is 1. The normalized spacial score (nSPS) is 14.2. The summed E-state index contributed by atoms with van der Waals surface area (Å²) < 4.78 is 0. The Morgan fingerprint density at radius 2 is 1.46 bits per heavy atom. The average molecular weight is 314 g/mol. The van der Waals surface area contributed by atoms with Crippen molar-refractivity contribution in [1.29, 1.82) is 0 Å². The molecule has 0 radical (unpaired) electrons. The molecule has 1 unspecified atom stereocenters. The van der Waals surface area contributed by atoms with Gasteiger partial charge >= 0.3 is 0 Å². The molecule has 0 aliphatic heterocycles. The monoisotopic (exact) mass is 314 g/mol. The maximum absolute atomic E-state index is 10.3. The summed E-state index contributed by atoms with van der Waals surface area (Å²) in [5.74, 6) is 1.02. The molecule has 1 aliphatic rings. The Balaban J connectivity index is 1.91. The van der Waals surface area contributed by atoms with Gasteiger partial charge in [-0.05, 0) is 51.8 Å². The molecule has 0 fully saturated rings. The molecule has 1 atom stereocenters. The quantitative estimate of drug-likeness (QED) is 0.487. The largest absolute Gasteiger partial charge is 0.508 e. The van der Waals surface area contributed by atoms with Crippen molar-refractivity contribution < 1.29 is 5.11 Å². The standard InChI is InChI=1S/C23H22O/c1-3-15(2)21-14-16(12-13-22(21)24)23-19-10-6-4-8-17(19)18-9-5-7-11-20(18)23/h4-15,23-24H,3H2,1-2H3. The van der Waals surface area contributed by atoms with Crippen LogP contribution in [0.25, 0.3) is 11.1 Å². The fraction of sp³-hybridized carbons (Fsp3) is 0.217. The van der Waals surface area contributed by atoms with Gasteiger partial charge in [-0.1, -0.05) is 74.5 Å². The minimum Gasteiger partial charge on any atom is -0.508 e. The zero-order chi connectivity index (χ0) is 16.7. The molecule has 0 saturated carbocycles. The molecule has 0 heterocycles. The zero-order valence-corrected chi connectivity index (χ0v) is 14.2. The second-order valence-corrected chi connectivity index (χ2v) is 6.74. The topological polar surface area (TPSA) is 20.2 Å². The summed E-state index contributed by atoms with van der Waals surface area (Å²) in [6, 6.07) is 23.5. The van der Waals surface area contributed by atoms with Crippen LogP contribution in [0.3, 0.4) is 0 Å². The molecule has 3 aromatic carbocycles. The van der Waals surface area contributed by atoms with Gasteiger partial charge in [0, 0.05) is 5.92 Å². The zero-order valence-electron chi connectivity index (χ0n) is 14.2. The number of hydrogen-bond acceptors (Lipinski definition) is 1. The van der Waals surface area contributed by atoms with Gasteiger partial charge in [0.2, 0.25) is 0 Å². The summed E-state index contributed by atoms with van der Waals surface area (Å²) in [4.78, 5) is 0. The molecular formula is C23H22O. The van der Waals surface area contributed by atoms with E-state index in [2.05, 4.69) is 74.5 Å². The SMILES string of the molecule is CCC(C)c1cc(C2c3ccccc3-c3ccccc32)ccc1O. The summed E-state index contributed by atoms with van der Waals surface area (Å²) in [6.07, 6.45) is 1.02. The van der Waals surface area contributed by atoms with E-state index >= 15 is 0 Å². The molecule has 24 heavy (non-hydrogen) atoms. The number of phenolic OH excluding ortho intramolecular Hbond substituents is 1. The van der Waals surface area contributed by atoms with Gasteiger partial charge in [0.15, 0.2) is 0 Å². The Morgan fingerprint density at radius 3 is 2.04 bits per heavy atom. The van der Waals surface area contributed by atoms with Gasteiger partial charge in [-0.15, -0.1) is 0 Å². The first-order valence-electron chi connectivity index (χ1n) is 8.71. The van der Waals surface area contributed by atoms with Crippen molar-refractivity contribution in [3.05, 3.63) is 89.0 Å². The Kier molecular flexibility index (Phi) is 3.65. The molecule has 1 nitrogen and oxygen atoms in total. The summed E-state index contributed by atoms with van der Waals surface area (Å²) in [6.45, 7) is 4.34. The molecule has 0 amide bonds. The van der Waals surface area contributed by atoms with E-state index in [1.54, 1.807) is 0 Å². The third-order valence-corrected chi connectivity index (χ3v) is 5.36. The Morgan fingerprint density at radius 1 is 0.875 bits per heavy atom. The third kappa shape index (κ3) is 2.24. The van der Waals surface area contributed by atoms with Crippen molar-refractivity contribution in [2.24, 2.45) is 0 Å². The first-order chi connectivity index (χ1) is 11.7. The van der Waals surface area contributed by atoms with Crippen LogP contribution in [0.2, 0.25) is 0 Å². The van der Waals surface area contributed by atoms with Crippen LogP contribution >= 0.6 is 0 Å². The predicted octanol–water partition coefficient (Wildman–Crippen LogP) is 6.07. The maximum atomic E-state index is 10.3. The Hall–Kier alpha value is -2.54. The van der Waals surface area contributed by atoms with E-state index < -0.39 is 0 Å². The van der Waals surface area contributed by atoms with Crippen LogP contribution in [-0.2, 0) is 0 Å². The molecule has 3 aromatic rings. The van der Waals surface area contributed by atoms with Gasteiger partial charge in [-0.25, -0.2) is 0 Å². The smallest absolute Gasteiger partial charge is 0.119 e. The van der Waals surface area contributed by atoms with E-state index in [1.165, 1.54) is 27.8 Å². The predicted molar refractivity (Wildman–Crippen MR) is 99.6 cm³/mol. The van der Waals surface area contributed by atoms with E-state index in [0.29, 0.717) is 11.7 Å². The number of benzene rings is 3. The summed E-state index contributed by atoms with van der Waals surface area (Å²) >= 11 is 0. The summed E-state index contributed by atoms with van der Waals surface area (Å²) in [5.41, 5.74) is 7.70. The first-order valence-corrected chi connectivity index (χ1v) is 8.71. The van der Waals surface area contributed by atoms with E-state index in [1.807, 2.05) is 6.07 Å². The van der Waals surface area contributed by atoms with Gasteiger partial charge < -0.3 is 5.11 Å². The first kappa shape index (κ1) is 15.0. The highest BCUT2D eigenvalue weighted by molar-refractivity contribution is 5.80. The van der Waals surface area contributed by atoms with Gasteiger partial charge in [0.25, 0.3) is 0 Å². The highest BCUT2D eigenvalue weighted by Gasteiger charge is 2.29. The number of rotatable bonds is 3.